The maximum Gasteiger partial charge on any atom is 0.334 e. The van der Waals surface area contributed by atoms with Crippen molar-refractivity contribution in [2.24, 2.45) is 9.98 Å². The normalized spacial score (nSPS) is 13.0. The second kappa shape index (κ2) is 24.8. The van der Waals surface area contributed by atoms with Crippen LogP contribution in [0, 0.1) is 0 Å². The van der Waals surface area contributed by atoms with E-state index < -0.39 is 17.9 Å². The number of carbonyl (C=O) groups excluding carboxylic acids is 6. The minimum atomic E-state index is -0.562. The summed E-state index contributed by atoms with van der Waals surface area (Å²) >= 11 is 0. The molecule has 2 aliphatic rings. The number of ether oxygens (including phenoxy) is 6. The number of rotatable bonds is 8. The molecule has 1 saturated heterocycles. The molecular formula is C29H40N2O12. The SMILES string of the molecule is C=C(C)C(=O)OC.C=C(C)C(=O)OCC1CO1.C=C(C)C1=NCC(=O)O1.C=C=NCOC(=O)C(=C)C.CC(=O)OC(C)=O. The van der Waals surface area contributed by atoms with Crippen LogP contribution in [0.15, 0.2) is 65.2 Å². The van der Waals surface area contributed by atoms with Crippen molar-refractivity contribution in [3.05, 3.63) is 55.2 Å². The van der Waals surface area contributed by atoms with Crippen LogP contribution >= 0.6 is 0 Å². The molecule has 0 saturated carbocycles. The Morgan fingerprint density at radius 2 is 1.35 bits per heavy atom. The van der Waals surface area contributed by atoms with E-state index in [1.807, 2.05) is 0 Å². The van der Waals surface area contributed by atoms with Crippen LogP contribution in [0.1, 0.15) is 41.5 Å². The number of nitrogens with zero attached hydrogens (tertiary/aromatic N) is 2. The van der Waals surface area contributed by atoms with Gasteiger partial charge in [0.15, 0.2) is 6.73 Å². The molecule has 14 nitrogen and oxygen atoms in total. The number of hydrogen-bond acceptors (Lipinski definition) is 14. The van der Waals surface area contributed by atoms with Crippen LogP contribution in [0.3, 0.4) is 0 Å². The van der Waals surface area contributed by atoms with E-state index in [0.29, 0.717) is 41.4 Å². The number of carbonyl (C=O) groups is 6. The minimum Gasteiger partial charge on any atom is -0.466 e. The Bertz CT molecular complexity index is 1130. The molecule has 0 radical (unpaired) electrons. The lowest BCUT2D eigenvalue weighted by Crippen LogP contribution is -2.09. The molecule has 1 fully saturated rings. The zero-order valence-electron chi connectivity index (χ0n) is 25.7. The fourth-order valence-electron chi connectivity index (χ4n) is 1.62. The molecule has 2 aliphatic heterocycles. The molecule has 0 aromatic rings. The van der Waals surface area contributed by atoms with E-state index in [1.54, 1.807) is 27.7 Å². The number of aliphatic imine (C=N–C) groups is 2. The van der Waals surface area contributed by atoms with Crippen molar-refractivity contribution >= 4 is 47.6 Å². The van der Waals surface area contributed by atoms with Gasteiger partial charge in [-0.25, -0.2) is 29.2 Å². The third kappa shape index (κ3) is 29.9. The number of hydrogen-bond donors (Lipinski definition) is 0. The lowest BCUT2D eigenvalue weighted by molar-refractivity contribution is -0.156. The summed E-state index contributed by atoms with van der Waals surface area (Å²) in [5.41, 5.74) is 1.92. The Morgan fingerprint density at radius 3 is 1.58 bits per heavy atom. The molecule has 0 amide bonds. The topological polar surface area (TPSA) is 186 Å². The van der Waals surface area contributed by atoms with Crippen LogP contribution in [0.5, 0.6) is 0 Å². The van der Waals surface area contributed by atoms with Gasteiger partial charge in [-0.2, -0.15) is 0 Å². The van der Waals surface area contributed by atoms with Crippen LogP contribution in [0.4, 0.5) is 0 Å². The standard InChI is InChI=1S/C7H9NO2.C7H10O3.C6H7NO2.C5H8O2.C4H6O3/c1-4-8-5-10-7(9)6(2)3;1-5(2)7(8)10-4-6-3-9-6;1-4(2)6-7-3-5(8)9-6;1-4(2)5(6)7-3;1-3(5)7-4(2)6/h1-2,5H2,3H3;6H,1,3-4H2,2H3;1,3H2,2H3;1H2,2-3H3;1-2H3. The third-order valence-electron chi connectivity index (χ3n) is 3.62. The van der Waals surface area contributed by atoms with E-state index >= 15 is 0 Å². The summed E-state index contributed by atoms with van der Waals surface area (Å²) in [6, 6.07) is 0. The van der Waals surface area contributed by atoms with Crippen molar-refractivity contribution in [1.29, 1.82) is 0 Å². The smallest absolute Gasteiger partial charge is 0.334 e. The lowest BCUT2D eigenvalue weighted by Gasteiger charge is -1.99. The predicted octanol–water partition coefficient (Wildman–Crippen LogP) is 2.77. The van der Waals surface area contributed by atoms with E-state index in [1.165, 1.54) is 21.0 Å². The van der Waals surface area contributed by atoms with Gasteiger partial charge in [-0.05, 0) is 40.1 Å². The first-order valence-electron chi connectivity index (χ1n) is 12.2. The zero-order valence-corrected chi connectivity index (χ0v) is 25.7. The van der Waals surface area contributed by atoms with Gasteiger partial charge in [0.1, 0.15) is 19.3 Å². The Hall–Kier alpha value is -4.94. The molecule has 238 valence electrons. The molecule has 0 aromatic carbocycles. The maximum absolute atomic E-state index is 10.7. The first-order valence-corrected chi connectivity index (χ1v) is 12.2. The van der Waals surface area contributed by atoms with Gasteiger partial charge in [0.05, 0.1) is 13.7 Å². The van der Waals surface area contributed by atoms with Gasteiger partial charge in [0.2, 0.25) is 5.90 Å². The van der Waals surface area contributed by atoms with Crippen LogP contribution in [-0.4, -0.2) is 87.3 Å². The summed E-state index contributed by atoms with van der Waals surface area (Å²) in [6.07, 6.45) is 0.142. The maximum atomic E-state index is 10.7. The highest BCUT2D eigenvalue weighted by Crippen LogP contribution is 2.09. The number of methoxy groups -OCH3 is 1. The first kappa shape index (κ1) is 42.5. The van der Waals surface area contributed by atoms with E-state index in [4.69, 9.17) is 9.47 Å². The van der Waals surface area contributed by atoms with Gasteiger partial charge in [-0.3, -0.25) is 9.59 Å². The largest absolute Gasteiger partial charge is 0.466 e. The Balaban J connectivity index is -0.000000470. The van der Waals surface area contributed by atoms with E-state index in [2.05, 4.69) is 67.7 Å². The van der Waals surface area contributed by atoms with Crippen molar-refractivity contribution in [3.8, 4) is 0 Å². The molecule has 2 heterocycles. The van der Waals surface area contributed by atoms with E-state index in [0.717, 1.165) is 0 Å². The zero-order chi connectivity index (χ0) is 34.1. The quantitative estimate of drug-likeness (QED) is 0.0981. The summed E-state index contributed by atoms with van der Waals surface area (Å²) in [5, 5.41) is 0. The second-order valence-corrected chi connectivity index (χ2v) is 8.22. The average Bonchev–Trinajstić information content (AvgIpc) is 3.64. The molecule has 1 atom stereocenters. The summed E-state index contributed by atoms with van der Waals surface area (Å²) in [4.78, 5) is 68.7. The molecule has 1 unspecified atom stereocenters. The fraction of sp³-hybridized carbons (Fsp3) is 0.414. The van der Waals surface area contributed by atoms with Crippen LogP contribution < -0.4 is 0 Å². The molecule has 43 heavy (non-hydrogen) atoms. The first-order chi connectivity index (χ1) is 19.9. The molecule has 0 bridgehead atoms. The predicted molar refractivity (Wildman–Crippen MR) is 157 cm³/mol. The van der Waals surface area contributed by atoms with Crippen molar-refractivity contribution in [3.63, 3.8) is 0 Å². The van der Waals surface area contributed by atoms with Crippen molar-refractivity contribution < 1.29 is 57.2 Å². The van der Waals surface area contributed by atoms with Gasteiger partial charge in [-0.1, -0.05) is 26.3 Å². The molecule has 14 heteroatoms. The van der Waals surface area contributed by atoms with Gasteiger partial charge in [0, 0.05) is 36.1 Å². The van der Waals surface area contributed by atoms with E-state index in [9.17, 15) is 28.8 Å². The highest BCUT2D eigenvalue weighted by Gasteiger charge is 2.24. The summed E-state index contributed by atoms with van der Waals surface area (Å²) < 4.78 is 27.0. The molecule has 0 aliphatic carbocycles. The monoisotopic (exact) mass is 608 g/mol. The third-order valence-corrected chi connectivity index (χ3v) is 3.62. The van der Waals surface area contributed by atoms with Gasteiger partial charge in [-0.15, -0.1) is 0 Å². The van der Waals surface area contributed by atoms with Gasteiger partial charge < -0.3 is 28.4 Å². The van der Waals surface area contributed by atoms with Crippen molar-refractivity contribution in [1.82, 2.24) is 0 Å². The number of cyclic esters (lactones) is 1. The second-order valence-electron chi connectivity index (χ2n) is 8.22. The van der Waals surface area contributed by atoms with Gasteiger partial charge >= 0.3 is 35.8 Å². The van der Waals surface area contributed by atoms with Crippen molar-refractivity contribution in [2.75, 3.05) is 33.6 Å². The van der Waals surface area contributed by atoms with Gasteiger partial charge in [0.25, 0.3) is 0 Å². The molecular weight excluding hydrogens is 568 g/mol. The van der Waals surface area contributed by atoms with E-state index in [-0.39, 0.29) is 37.3 Å². The highest BCUT2D eigenvalue weighted by atomic mass is 16.6. The number of esters is 6. The molecule has 0 aromatic heterocycles. The van der Waals surface area contributed by atoms with Crippen LogP contribution in [0.2, 0.25) is 0 Å². The van der Waals surface area contributed by atoms with Crippen LogP contribution in [-0.2, 0) is 57.2 Å². The number of epoxide rings is 1. The summed E-state index contributed by atoms with van der Waals surface area (Å²) in [7, 11) is 1.33. The minimum absolute atomic E-state index is 0.0325. The average molecular weight is 609 g/mol. The Kier molecular flexibility index (Phi) is 24.6. The molecule has 0 N–H and O–H groups in total. The summed E-state index contributed by atoms with van der Waals surface area (Å²) in [6.45, 7) is 27.0. The Morgan fingerprint density at radius 1 is 0.884 bits per heavy atom. The fourth-order valence-corrected chi connectivity index (χ4v) is 1.62. The summed E-state index contributed by atoms with van der Waals surface area (Å²) in [5.74, 6) is 0.0519. The molecule has 0 spiro atoms. The lowest BCUT2D eigenvalue weighted by atomic mass is 10.4. The van der Waals surface area contributed by atoms with Crippen molar-refractivity contribution in [2.45, 2.75) is 47.6 Å². The Labute approximate surface area is 251 Å². The van der Waals surface area contributed by atoms with Crippen LogP contribution in [0.25, 0.3) is 0 Å². The highest BCUT2D eigenvalue weighted by molar-refractivity contribution is 6.03. The molecule has 2 rings (SSSR count).